The van der Waals surface area contributed by atoms with Crippen LogP contribution in [0.25, 0.3) is 11.1 Å². The molecule has 1 fully saturated rings. The Morgan fingerprint density at radius 2 is 1.97 bits per heavy atom. The van der Waals surface area contributed by atoms with Gasteiger partial charge in [0.15, 0.2) is 0 Å². The normalized spacial score (nSPS) is 16.5. The van der Waals surface area contributed by atoms with Crippen LogP contribution < -0.4 is 4.90 Å². The molecule has 0 aliphatic carbocycles. The zero-order chi connectivity index (χ0) is 21.3. The summed E-state index contributed by atoms with van der Waals surface area (Å²) in [6, 6.07) is 3.74. The van der Waals surface area contributed by atoms with Gasteiger partial charge in [-0.3, -0.25) is 9.78 Å². The molecule has 0 saturated carbocycles. The summed E-state index contributed by atoms with van der Waals surface area (Å²) in [6.45, 7) is 4.26. The van der Waals surface area contributed by atoms with Gasteiger partial charge in [-0.2, -0.15) is 0 Å². The standard InChI is InChI=1S/C22H26N6O2/c1-14-19(15(2)30-26-14)21(29)28-12-6-5-7-18(28)20-17(16-8-10-23-11-9-16)13-24-22(25-20)27(3)4/h8-11,13,18H,5-7,12H2,1-4H3. The van der Waals surface area contributed by atoms with E-state index in [9.17, 15) is 4.79 Å². The minimum Gasteiger partial charge on any atom is -0.361 e. The summed E-state index contributed by atoms with van der Waals surface area (Å²) < 4.78 is 5.26. The minimum absolute atomic E-state index is 0.0540. The molecule has 1 atom stereocenters. The lowest BCUT2D eigenvalue weighted by Crippen LogP contribution is -2.39. The van der Waals surface area contributed by atoms with Gasteiger partial charge in [0.1, 0.15) is 11.3 Å². The van der Waals surface area contributed by atoms with E-state index in [4.69, 9.17) is 9.51 Å². The molecule has 8 heteroatoms. The number of aromatic nitrogens is 4. The Bertz CT molecular complexity index is 1030. The molecule has 0 spiro atoms. The Morgan fingerprint density at radius 1 is 1.20 bits per heavy atom. The van der Waals surface area contributed by atoms with E-state index in [1.54, 1.807) is 26.2 Å². The van der Waals surface area contributed by atoms with Gasteiger partial charge < -0.3 is 14.3 Å². The van der Waals surface area contributed by atoms with Crippen LogP contribution in [-0.2, 0) is 0 Å². The summed E-state index contributed by atoms with van der Waals surface area (Å²) in [5.41, 5.74) is 3.94. The maximum atomic E-state index is 13.5. The van der Waals surface area contributed by atoms with Crippen molar-refractivity contribution in [3.63, 3.8) is 0 Å². The minimum atomic E-state index is -0.148. The largest absolute Gasteiger partial charge is 0.361 e. The van der Waals surface area contributed by atoms with Crippen LogP contribution in [0.2, 0.25) is 0 Å². The number of rotatable bonds is 4. The predicted molar refractivity (Wildman–Crippen MR) is 113 cm³/mol. The number of pyridine rings is 1. The lowest BCUT2D eigenvalue weighted by atomic mass is 9.93. The van der Waals surface area contributed by atoms with E-state index in [2.05, 4.69) is 15.1 Å². The Kier molecular flexibility index (Phi) is 5.48. The van der Waals surface area contributed by atoms with E-state index in [0.29, 0.717) is 29.5 Å². The van der Waals surface area contributed by atoms with Gasteiger partial charge in [-0.15, -0.1) is 0 Å². The fourth-order valence-corrected chi connectivity index (χ4v) is 4.00. The van der Waals surface area contributed by atoms with E-state index in [-0.39, 0.29) is 11.9 Å². The molecule has 1 aliphatic heterocycles. The molecule has 8 nitrogen and oxygen atoms in total. The first-order chi connectivity index (χ1) is 14.5. The van der Waals surface area contributed by atoms with Gasteiger partial charge >= 0.3 is 0 Å². The number of hydrogen-bond donors (Lipinski definition) is 0. The number of carbonyl (C=O) groups excluding carboxylic acids is 1. The van der Waals surface area contributed by atoms with Crippen molar-refractivity contribution in [1.29, 1.82) is 0 Å². The van der Waals surface area contributed by atoms with Crippen molar-refractivity contribution in [2.24, 2.45) is 0 Å². The molecule has 0 radical (unpaired) electrons. The molecule has 3 aromatic heterocycles. The summed E-state index contributed by atoms with van der Waals surface area (Å²) in [4.78, 5) is 30.9. The zero-order valence-electron chi connectivity index (χ0n) is 17.8. The van der Waals surface area contributed by atoms with Crippen molar-refractivity contribution in [3.8, 4) is 11.1 Å². The molecule has 1 aliphatic rings. The van der Waals surface area contributed by atoms with Crippen LogP contribution in [-0.4, -0.2) is 51.6 Å². The van der Waals surface area contributed by atoms with Gasteiger partial charge in [0.05, 0.1) is 17.4 Å². The van der Waals surface area contributed by atoms with Gasteiger partial charge in [-0.1, -0.05) is 5.16 Å². The molecule has 156 valence electrons. The summed E-state index contributed by atoms with van der Waals surface area (Å²) in [5, 5.41) is 3.97. The predicted octanol–water partition coefficient (Wildman–Crippen LogP) is 3.58. The molecule has 0 aromatic carbocycles. The van der Waals surface area contributed by atoms with Crippen molar-refractivity contribution >= 4 is 11.9 Å². The Labute approximate surface area is 175 Å². The second-order valence-corrected chi connectivity index (χ2v) is 7.81. The maximum Gasteiger partial charge on any atom is 0.259 e. The van der Waals surface area contributed by atoms with Crippen LogP contribution in [0.15, 0.2) is 35.2 Å². The van der Waals surface area contributed by atoms with E-state index < -0.39 is 0 Å². The SMILES string of the molecule is Cc1noc(C)c1C(=O)N1CCCCC1c1nc(N(C)C)ncc1-c1ccncc1. The van der Waals surface area contributed by atoms with Gasteiger partial charge in [-0.25, -0.2) is 9.97 Å². The number of aryl methyl sites for hydroxylation is 2. The monoisotopic (exact) mass is 406 g/mol. The second kappa shape index (κ2) is 8.22. The van der Waals surface area contributed by atoms with Gasteiger partial charge in [0.25, 0.3) is 5.91 Å². The number of hydrogen-bond acceptors (Lipinski definition) is 7. The number of nitrogens with zero attached hydrogens (tertiary/aromatic N) is 6. The van der Waals surface area contributed by atoms with Crippen LogP contribution in [0.1, 0.15) is 52.8 Å². The van der Waals surface area contributed by atoms with Crippen molar-refractivity contribution in [3.05, 3.63) is 53.4 Å². The third kappa shape index (κ3) is 3.65. The first-order valence-corrected chi connectivity index (χ1v) is 10.2. The molecule has 4 heterocycles. The van der Waals surface area contributed by atoms with Crippen LogP contribution in [0, 0.1) is 13.8 Å². The van der Waals surface area contributed by atoms with Gasteiger partial charge in [-0.05, 0) is 50.8 Å². The summed E-state index contributed by atoms with van der Waals surface area (Å²) in [6.07, 6.45) is 8.20. The highest BCUT2D eigenvalue weighted by Gasteiger charge is 2.34. The number of likely N-dealkylation sites (tertiary alicyclic amines) is 1. The zero-order valence-corrected chi connectivity index (χ0v) is 17.8. The fraction of sp³-hybridized carbons (Fsp3) is 0.409. The number of carbonyl (C=O) groups is 1. The van der Waals surface area contributed by atoms with Crippen molar-refractivity contribution in [2.45, 2.75) is 39.2 Å². The lowest BCUT2D eigenvalue weighted by Gasteiger charge is -2.36. The average Bonchev–Trinajstić information content (AvgIpc) is 3.11. The van der Waals surface area contributed by atoms with Gasteiger partial charge in [0, 0.05) is 44.8 Å². The second-order valence-electron chi connectivity index (χ2n) is 7.81. The first-order valence-electron chi connectivity index (χ1n) is 10.2. The third-order valence-electron chi connectivity index (χ3n) is 5.52. The number of piperidine rings is 1. The smallest absolute Gasteiger partial charge is 0.259 e. The van der Waals surface area contributed by atoms with Gasteiger partial charge in [0.2, 0.25) is 5.95 Å². The highest BCUT2D eigenvalue weighted by molar-refractivity contribution is 5.96. The van der Waals surface area contributed by atoms with Crippen LogP contribution in [0.5, 0.6) is 0 Å². The molecule has 1 saturated heterocycles. The molecule has 4 rings (SSSR count). The molecule has 1 unspecified atom stereocenters. The topological polar surface area (TPSA) is 88.3 Å². The summed E-state index contributed by atoms with van der Waals surface area (Å²) in [5.74, 6) is 1.12. The van der Waals surface area contributed by atoms with Crippen LogP contribution in [0.4, 0.5) is 5.95 Å². The fourth-order valence-electron chi connectivity index (χ4n) is 4.00. The molecule has 0 bridgehead atoms. The average molecular weight is 406 g/mol. The van der Waals surface area contributed by atoms with Crippen LogP contribution >= 0.6 is 0 Å². The van der Waals surface area contributed by atoms with E-state index >= 15 is 0 Å². The Hall–Kier alpha value is -3.29. The third-order valence-corrected chi connectivity index (χ3v) is 5.52. The molecule has 0 N–H and O–H groups in total. The first kappa shape index (κ1) is 20.0. The lowest BCUT2D eigenvalue weighted by molar-refractivity contribution is 0.0604. The van der Waals surface area contributed by atoms with E-state index in [0.717, 1.165) is 36.1 Å². The Morgan fingerprint density at radius 3 is 2.63 bits per heavy atom. The molecule has 30 heavy (non-hydrogen) atoms. The van der Waals surface area contributed by atoms with E-state index in [1.165, 1.54) is 0 Å². The molecular weight excluding hydrogens is 380 g/mol. The Balaban J connectivity index is 1.82. The van der Waals surface area contributed by atoms with Crippen molar-refractivity contribution in [1.82, 2.24) is 25.0 Å². The summed E-state index contributed by atoms with van der Waals surface area (Å²) >= 11 is 0. The number of anilines is 1. The molecule has 1 amide bonds. The summed E-state index contributed by atoms with van der Waals surface area (Å²) in [7, 11) is 3.83. The van der Waals surface area contributed by atoms with Crippen molar-refractivity contribution < 1.29 is 9.32 Å². The van der Waals surface area contributed by atoms with Crippen molar-refractivity contribution in [2.75, 3.05) is 25.5 Å². The number of amides is 1. The van der Waals surface area contributed by atoms with E-state index in [1.807, 2.05) is 42.2 Å². The van der Waals surface area contributed by atoms with Crippen LogP contribution in [0.3, 0.4) is 0 Å². The highest BCUT2D eigenvalue weighted by atomic mass is 16.5. The molecule has 3 aromatic rings. The molecular formula is C22H26N6O2. The quantitative estimate of drug-likeness (QED) is 0.654. The maximum absolute atomic E-state index is 13.5. The highest BCUT2D eigenvalue weighted by Crippen LogP contribution is 2.37.